The van der Waals surface area contributed by atoms with Crippen molar-refractivity contribution in [1.82, 2.24) is 10.2 Å². The molecule has 144 valence electrons. The van der Waals surface area contributed by atoms with Crippen molar-refractivity contribution < 1.29 is 27.9 Å². The van der Waals surface area contributed by atoms with E-state index in [2.05, 4.69) is 10.2 Å². The summed E-state index contributed by atoms with van der Waals surface area (Å²) in [6.45, 7) is 2.73. The van der Waals surface area contributed by atoms with Gasteiger partial charge in [-0.3, -0.25) is 4.79 Å². The van der Waals surface area contributed by atoms with Crippen molar-refractivity contribution in [3.8, 4) is 17.2 Å². The second-order valence-electron chi connectivity index (χ2n) is 5.95. The molecular formula is C20H17FN2O5. The molecule has 0 unspecified atom stereocenters. The van der Waals surface area contributed by atoms with Gasteiger partial charge in [0.2, 0.25) is 5.89 Å². The van der Waals surface area contributed by atoms with Crippen molar-refractivity contribution >= 4 is 11.8 Å². The summed E-state index contributed by atoms with van der Waals surface area (Å²) >= 11 is 0. The Morgan fingerprint density at radius 1 is 1.07 bits per heavy atom. The number of hydrogen-bond acceptors (Lipinski definition) is 7. The molecule has 2 aromatic carbocycles. The topological polar surface area (TPSA) is 91.5 Å². The van der Waals surface area contributed by atoms with Crippen LogP contribution in [0.1, 0.15) is 36.2 Å². The van der Waals surface area contributed by atoms with E-state index in [1.54, 1.807) is 31.2 Å². The molecule has 0 fully saturated rings. The van der Waals surface area contributed by atoms with Crippen LogP contribution in [0.3, 0.4) is 0 Å². The van der Waals surface area contributed by atoms with E-state index in [-0.39, 0.29) is 30.0 Å². The third-order valence-corrected chi connectivity index (χ3v) is 3.81. The van der Waals surface area contributed by atoms with Crippen molar-refractivity contribution in [2.24, 2.45) is 0 Å². The fourth-order valence-corrected chi connectivity index (χ4v) is 2.32. The van der Waals surface area contributed by atoms with Crippen LogP contribution in [0.4, 0.5) is 4.39 Å². The van der Waals surface area contributed by atoms with Crippen molar-refractivity contribution in [3.05, 3.63) is 65.8 Å². The number of hydrogen-bond donors (Lipinski definition) is 0. The number of rotatable bonds is 7. The van der Waals surface area contributed by atoms with Gasteiger partial charge in [-0.05, 0) is 62.4 Å². The minimum Gasteiger partial charge on any atom is -0.482 e. The fourth-order valence-electron chi connectivity index (χ4n) is 2.32. The van der Waals surface area contributed by atoms with Crippen molar-refractivity contribution in [3.63, 3.8) is 0 Å². The fraction of sp³-hybridized carbons (Fsp3) is 0.200. The van der Waals surface area contributed by atoms with Gasteiger partial charge in [0, 0.05) is 11.1 Å². The second kappa shape index (κ2) is 8.43. The summed E-state index contributed by atoms with van der Waals surface area (Å²) in [7, 11) is 0. The monoisotopic (exact) mass is 384 g/mol. The molecule has 0 saturated heterocycles. The summed E-state index contributed by atoms with van der Waals surface area (Å²) in [4.78, 5) is 23.2. The predicted octanol–water partition coefficient (Wildman–Crippen LogP) is 3.76. The van der Waals surface area contributed by atoms with Crippen LogP contribution in [-0.2, 0) is 9.53 Å². The molecule has 0 spiro atoms. The highest BCUT2D eigenvalue weighted by molar-refractivity contribution is 5.94. The zero-order valence-electron chi connectivity index (χ0n) is 15.2. The molecule has 3 aromatic rings. The number of aromatic nitrogens is 2. The number of esters is 1. The van der Waals surface area contributed by atoms with Gasteiger partial charge in [-0.2, -0.15) is 0 Å². The minimum absolute atomic E-state index is 0.0562. The Balaban J connectivity index is 1.54. The average molecular weight is 384 g/mol. The highest BCUT2D eigenvalue weighted by Crippen LogP contribution is 2.22. The Morgan fingerprint density at radius 3 is 2.39 bits per heavy atom. The van der Waals surface area contributed by atoms with Crippen LogP contribution < -0.4 is 4.74 Å². The first-order chi connectivity index (χ1) is 13.4. The Kier molecular flexibility index (Phi) is 5.78. The number of carbonyl (C=O) groups is 2. The van der Waals surface area contributed by atoms with E-state index in [0.29, 0.717) is 16.9 Å². The highest BCUT2D eigenvalue weighted by atomic mass is 19.1. The highest BCUT2D eigenvalue weighted by Gasteiger charge is 2.19. The normalized spacial score (nSPS) is 11.7. The molecule has 8 heteroatoms. The molecule has 3 rings (SSSR count). The summed E-state index contributed by atoms with van der Waals surface area (Å²) < 4.78 is 29.0. The molecule has 0 aliphatic heterocycles. The van der Waals surface area contributed by atoms with Crippen LogP contribution in [0.2, 0.25) is 0 Å². The lowest BCUT2D eigenvalue weighted by Crippen LogP contribution is -2.17. The number of halogens is 1. The van der Waals surface area contributed by atoms with Crippen molar-refractivity contribution in [1.29, 1.82) is 0 Å². The van der Waals surface area contributed by atoms with E-state index in [0.717, 1.165) is 0 Å². The van der Waals surface area contributed by atoms with Crippen LogP contribution in [0, 0.1) is 5.82 Å². The van der Waals surface area contributed by atoms with Gasteiger partial charge in [-0.15, -0.1) is 10.2 Å². The van der Waals surface area contributed by atoms with Crippen LogP contribution in [0.25, 0.3) is 11.5 Å². The number of carbonyl (C=O) groups excluding carboxylic acids is 2. The number of ketones is 1. The van der Waals surface area contributed by atoms with Gasteiger partial charge in [-0.1, -0.05) is 0 Å². The van der Waals surface area contributed by atoms with Gasteiger partial charge >= 0.3 is 5.97 Å². The molecule has 0 N–H and O–H groups in total. The van der Waals surface area contributed by atoms with E-state index >= 15 is 0 Å². The van der Waals surface area contributed by atoms with E-state index in [4.69, 9.17) is 13.9 Å². The molecule has 0 bridgehead atoms. The van der Waals surface area contributed by atoms with Gasteiger partial charge < -0.3 is 13.9 Å². The van der Waals surface area contributed by atoms with Gasteiger partial charge in [0.1, 0.15) is 11.6 Å². The molecule has 1 atom stereocenters. The first kappa shape index (κ1) is 19.2. The Morgan fingerprint density at radius 2 is 1.75 bits per heavy atom. The molecule has 28 heavy (non-hydrogen) atoms. The third-order valence-electron chi connectivity index (χ3n) is 3.81. The number of Topliss-reactive ketones (excluding diaryl/α,β-unsaturated/α-hetero) is 1. The van der Waals surface area contributed by atoms with Crippen molar-refractivity contribution in [2.45, 2.75) is 20.0 Å². The number of ether oxygens (including phenoxy) is 2. The van der Waals surface area contributed by atoms with Crippen LogP contribution in [0.5, 0.6) is 5.75 Å². The van der Waals surface area contributed by atoms with Crippen LogP contribution in [-0.4, -0.2) is 28.6 Å². The zero-order valence-corrected chi connectivity index (χ0v) is 15.2. The molecule has 0 amide bonds. The molecular weight excluding hydrogens is 367 g/mol. The second-order valence-corrected chi connectivity index (χ2v) is 5.95. The molecule has 1 heterocycles. The van der Waals surface area contributed by atoms with Gasteiger partial charge in [0.25, 0.3) is 5.89 Å². The van der Waals surface area contributed by atoms with Crippen LogP contribution >= 0.6 is 0 Å². The first-order valence-electron chi connectivity index (χ1n) is 8.45. The Labute approximate surface area is 160 Å². The SMILES string of the molecule is CC(=O)c1ccc(OCC(=O)O[C@H](C)c2nnc(-c3ccc(F)cc3)o2)cc1. The maximum atomic E-state index is 13.0. The molecule has 0 radical (unpaired) electrons. The lowest BCUT2D eigenvalue weighted by atomic mass is 10.1. The minimum atomic E-state index is -0.780. The lowest BCUT2D eigenvalue weighted by Gasteiger charge is -2.10. The van der Waals surface area contributed by atoms with Gasteiger partial charge in [0.15, 0.2) is 18.5 Å². The largest absolute Gasteiger partial charge is 0.482 e. The first-order valence-corrected chi connectivity index (χ1v) is 8.45. The maximum Gasteiger partial charge on any atom is 0.344 e. The lowest BCUT2D eigenvalue weighted by molar-refractivity contribution is -0.152. The van der Waals surface area contributed by atoms with Gasteiger partial charge in [0.05, 0.1) is 0 Å². The smallest absolute Gasteiger partial charge is 0.344 e. The Hall–Kier alpha value is -3.55. The third kappa shape index (κ3) is 4.79. The van der Waals surface area contributed by atoms with E-state index in [1.807, 2.05) is 0 Å². The molecule has 7 nitrogen and oxygen atoms in total. The zero-order chi connectivity index (χ0) is 20.1. The standard InChI is InChI=1S/C20H17FN2O5/c1-12(24)14-5-9-17(10-6-14)26-11-18(25)27-13(2)19-22-23-20(28-19)15-3-7-16(21)8-4-15/h3-10,13H,11H2,1-2H3/t13-/m1/s1. The predicted molar refractivity (Wildman–Crippen MR) is 96.1 cm³/mol. The van der Waals surface area contributed by atoms with E-state index in [1.165, 1.54) is 31.2 Å². The Bertz CT molecular complexity index is 967. The van der Waals surface area contributed by atoms with E-state index < -0.39 is 12.1 Å². The summed E-state index contributed by atoms with van der Waals surface area (Å²) in [5.74, 6) is -0.310. The number of benzene rings is 2. The molecule has 0 aliphatic rings. The summed E-state index contributed by atoms with van der Waals surface area (Å²) in [6.07, 6.45) is -0.780. The maximum absolute atomic E-state index is 13.0. The number of nitrogens with zero attached hydrogens (tertiary/aromatic N) is 2. The summed E-state index contributed by atoms with van der Waals surface area (Å²) in [6, 6.07) is 12.0. The average Bonchev–Trinajstić information content (AvgIpc) is 3.17. The molecule has 0 saturated carbocycles. The van der Waals surface area contributed by atoms with Gasteiger partial charge in [-0.25, -0.2) is 9.18 Å². The summed E-state index contributed by atoms with van der Waals surface area (Å²) in [5, 5.41) is 7.72. The van der Waals surface area contributed by atoms with Crippen LogP contribution in [0.15, 0.2) is 52.9 Å². The quantitative estimate of drug-likeness (QED) is 0.452. The van der Waals surface area contributed by atoms with Crippen molar-refractivity contribution in [2.75, 3.05) is 6.61 Å². The molecule has 1 aromatic heterocycles. The molecule has 0 aliphatic carbocycles. The summed E-state index contributed by atoms with van der Waals surface area (Å²) in [5.41, 5.74) is 1.10. The van der Waals surface area contributed by atoms with E-state index in [9.17, 15) is 14.0 Å².